The highest BCUT2D eigenvalue weighted by Crippen LogP contribution is 2.23. The number of Topliss-reactive ketones (excluding diaryl/α,β-unsaturated/α-hetero) is 1. The van der Waals surface area contributed by atoms with Gasteiger partial charge in [0.1, 0.15) is 18.1 Å². The number of nitrogens with two attached hydrogens (primary N) is 2. The summed E-state index contributed by atoms with van der Waals surface area (Å²) in [6.45, 7) is 5.87. The molecule has 0 spiro atoms. The van der Waals surface area contributed by atoms with Gasteiger partial charge in [0, 0.05) is 32.6 Å². The number of hydrogen-bond acceptors (Lipinski definition) is 10. The van der Waals surface area contributed by atoms with Gasteiger partial charge < -0.3 is 32.7 Å². The second-order valence-electron chi connectivity index (χ2n) is 12.5. The van der Waals surface area contributed by atoms with Crippen LogP contribution in [0.3, 0.4) is 0 Å². The standard InChI is InChI=1S/C32H45N11O5S/c1-18(2)15-24-29(47)39-25(16-20-17-43(42-41-20)14-7-6-10-23(28(46)38-24)36-19(3)44)30(48)37-22(11-8-13-35-32(33)34)27(45)31-40-21-9-4-5-12-26(21)49-31/h4-5,9,12,17-18,22-25H,6-8,10-11,13-16H2,1-3H3,(H,36,44)(H,37,48)(H,38,46)(H,39,47)(H4,33,34,35)/t22-,23-,24-,25+/m0/s1. The van der Waals surface area contributed by atoms with E-state index in [1.165, 1.54) is 18.3 Å². The zero-order valence-electron chi connectivity index (χ0n) is 28.0. The summed E-state index contributed by atoms with van der Waals surface area (Å²) >= 11 is 1.22. The highest BCUT2D eigenvalue weighted by Gasteiger charge is 2.33. The van der Waals surface area contributed by atoms with E-state index in [4.69, 9.17) is 11.5 Å². The molecule has 1 aliphatic rings. The molecule has 0 saturated carbocycles. The number of fused-ring (bicyclic) bond motifs is 3. The van der Waals surface area contributed by atoms with E-state index < -0.39 is 41.9 Å². The molecule has 2 bridgehead atoms. The first-order valence-corrected chi connectivity index (χ1v) is 17.2. The molecule has 0 saturated heterocycles. The number of thiazole rings is 1. The summed E-state index contributed by atoms with van der Waals surface area (Å²) in [6, 6.07) is 3.32. The Morgan fingerprint density at radius 2 is 1.90 bits per heavy atom. The van der Waals surface area contributed by atoms with Gasteiger partial charge in [-0.2, -0.15) is 0 Å². The monoisotopic (exact) mass is 695 g/mol. The van der Waals surface area contributed by atoms with Crippen molar-refractivity contribution in [2.24, 2.45) is 22.4 Å². The van der Waals surface area contributed by atoms with Crippen LogP contribution >= 0.6 is 11.3 Å². The van der Waals surface area contributed by atoms with Gasteiger partial charge in [-0.15, -0.1) is 16.4 Å². The van der Waals surface area contributed by atoms with Gasteiger partial charge in [-0.3, -0.25) is 33.6 Å². The minimum atomic E-state index is -1.18. The molecule has 0 aliphatic carbocycles. The number of carbonyl (C=O) groups is 5. The topological polar surface area (TPSA) is 241 Å². The maximum absolute atomic E-state index is 14.0. The van der Waals surface area contributed by atoms with E-state index in [-0.39, 0.29) is 54.4 Å². The number of amides is 4. The Morgan fingerprint density at radius 1 is 1.12 bits per heavy atom. The molecule has 2 aromatic heterocycles. The van der Waals surface area contributed by atoms with Crippen molar-refractivity contribution >= 4 is 56.9 Å². The van der Waals surface area contributed by atoms with Crippen molar-refractivity contribution < 1.29 is 24.0 Å². The fourth-order valence-corrected chi connectivity index (χ4v) is 6.48. The maximum atomic E-state index is 14.0. The average molecular weight is 696 g/mol. The molecule has 4 atom stereocenters. The lowest BCUT2D eigenvalue weighted by molar-refractivity contribution is -0.134. The van der Waals surface area contributed by atoms with Crippen LogP contribution in [0, 0.1) is 5.92 Å². The predicted octanol–water partition coefficient (Wildman–Crippen LogP) is 0.556. The third kappa shape index (κ3) is 11.1. The van der Waals surface area contributed by atoms with Crippen LogP contribution in [0.25, 0.3) is 10.2 Å². The number of aryl methyl sites for hydroxylation is 1. The first kappa shape index (κ1) is 36.9. The lowest BCUT2D eigenvalue weighted by atomic mass is 10.0. The van der Waals surface area contributed by atoms with E-state index >= 15 is 0 Å². The smallest absolute Gasteiger partial charge is 0.243 e. The Morgan fingerprint density at radius 3 is 2.61 bits per heavy atom. The van der Waals surface area contributed by atoms with Crippen molar-refractivity contribution in [3.8, 4) is 0 Å². The summed E-state index contributed by atoms with van der Waals surface area (Å²) in [5, 5.41) is 19.7. The van der Waals surface area contributed by atoms with E-state index in [1.807, 2.05) is 32.0 Å². The first-order chi connectivity index (χ1) is 23.4. The molecule has 49 heavy (non-hydrogen) atoms. The number of guanidine groups is 1. The van der Waals surface area contributed by atoms with Crippen LogP contribution in [-0.2, 0) is 32.1 Å². The minimum absolute atomic E-state index is 0.00514. The minimum Gasteiger partial charge on any atom is -0.370 e. The molecule has 17 heteroatoms. The summed E-state index contributed by atoms with van der Waals surface area (Å²) in [5.41, 5.74) is 12.1. The number of benzene rings is 1. The molecular formula is C32H45N11O5S. The molecule has 0 unspecified atom stereocenters. The van der Waals surface area contributed by atoms with Crippen LogP contribution in [0.4, 0.5) is 0 Å². The van der Waals surface area contributed by atoms with Crippen LogP contribution < -0.4 is 32.7 Å². The summed E-state index contributed by atoms with van der Waals surface area (Å²) in [4.78, 5) is 75.4. The van der Waals surface area contributed by atoms with Gasteiger partial charge in [0.25, 0.3) is 0 Å². The Balaban J connectivity index is 1.62. The van der Waals surface area contributed by atoms with Gasteiger partial charge >= 0.3 is 0 Å². The van der Waals surface area contributed by atoms with Crippen LogP contribution in [0.5, 0.6) is 0 Å². The van der Waals surface area contributed by atoms with Crippen molar-refractivity contribution in [3.63, 3.8) is 0 Å². The summed E-state index contributed by atoms with van der Waals surface area (Å²) in [6.07, 6.45) is 4.15. The third-order valence-corrected chi connectivity index (χ3v) is 8.93. The Bertz CT molecular complexity index is 1630. The number of rotatable bonds is 11. The molecule has 8 N–H and O–H groups in total. The summed E-state index contributed by atoms with van der Waals surface area (Å²) in [5.74, 6) is -2.54. The number of para-hydroxylation sites is 1. The van der Waals surface area contributed by atoms with E-state index in [0.29, 0.717) is 43.4 Å². The second-order valence-corrected chi connectivity index (χ2v) is 13.6. The third-order valence-electron chi connectivity index (χ3n) is 7.88. The molecular weight excluding hydrogens is 650 g/mol. The second kappa shape index (κ2) is 17.5. The summed E-state index contributed by atoms with van der Waals surface area (Å²) in [7, 11) is 0. The van der Waals surface area contributed by atoms with Gasteiger partial charge in [0.15, 0.2) is 11.0 Å². The van der Waals surface area contributed by atoms with E-state index in [0.717, 1.165) is 4.70 Å². The van der Waals surface area contributed by atoms with Crippen molar-refractivity contribution in [1.82, 2.24) is 41.2 Å². The molecule has 3 heterocycles. The van der Waals surface area contributed by atoms with Crippen molar-refractivity contribution in [1.29, 1.82) is 0 Å². The van der Waals surface area contributed by atoms with E-state index in [9.17, 15) is 24.0 Å². The number of hydrogen-bond donors (Lipinski definition) is 6. The zero-order valence-corrected chi connectivity index (χ0v) is 28.8. The number of ketones is 1. The molecule has 0 radical (unpaired) electrons. The van der Waals surface area contributed by atoms with Crippen molar-refractivity contribution in [3.05, 3.63) is 41.2 Å². The highest BCUT2D eigenvalue weighted by atomic mass is 32.1. The Hall–Kier alpha value is -4.93. The number of nitrogens with one attached hydrogen (secondary N) is 4. The number of carbonyl (C=O) groups excluding carboxylic acids is 5. The maximum Gasteiger partial charge on any atom is 0.243 e. The number of aliphatic imine (C=N–C) groups is 1. The van der Waals surface area contributed by atoms with Crippen LogP contribution in [-0.4, -0.2) is 86.1 Å². The van der Waals surface area contributed by atoms with E-state index in [1.54, 1.807) is 16.9 Å². The summed E-state index contributed by atoms with van der Waals surface area (Å²) < 4.78 is 2.46. The van der Waals surface area contributed by atoms with Crippen LogP contribution in [0.1, 0.15) is 74.8 Å². The largest absolute Gasteiger partial charge is 0.370 e. The van der Waals surface area contributed by atoms with Crippen molar-refractivity contribution in [2.75, 3.05) is 6.54 Å². The Labute approximate surface area is 288 Å². The van der Waals surface area contributed by atoms with Gasteiger partial charge in [-0.25, -0.2) is 4.98 Å². The lowest BCUT2D eigenvalue weighted by Crippen LogP contribution is -2.58. The SMILES string of the molecule is CC(=O)N[C@H]1CCCCn2cc(nn2)C[C@H](C(=O)N[C@@H](CCCN=C(N)N)C(=O)c2nc3ccccc3s2)NC(=O)[C@H](CC(C)C)NC1=O. The molecule has 1 aliphatic heterocycles. The average Bonchev–Trinajstić information content (AvgIpc) is 3.68. The predicted molar refractivity (Wildman–Crippen MR) is 184 cm³/mol. The van der Waals surface area contributed by atoms with Crippen molar-refractivity contribution in [2.45, 2.75) is 96.4 Å². The fraction of sp³-hybridized carbons (Fsp3) is 0.531. The molecule has 0 fully saturated rings. The molecule has 3 aromatic rings. The lowest BCUT2D eigenvalue weighted by Gasteiger charge is -2.27. The highest BCUT2D eigenvalue weighted by molar-refractivity contribution is 7.20. The van der Waals surface area contributed by atoms with Gasteiger partial charge in [-0.05, 0) is 56.6 Å². The van der Waals surface area contributed by atoms with Gasteiger partial charge in [0.2, 0.25) is 29.4 Å². The number of nitrogens with zero attached hydrogens (tertiary/aromatic N) is 5. The first-order valence-electron chi connectivity index (χ1n) is 16.4. The van der Waals surface area contributed by atoms with Gasteiger partial charge in [-0.1, -0.05) is 31.2 Å². The van der Waals surface area contributed by atoms with Crippen LogP contribution in [0.15, 0.2) is 35.5 Å². The normalized spacial score (nSPS) is 19.6. The quantitative estimate of drug-likeness (QED) is 0.0705. The molecule has 16 nitrogen and oxygen atoms in total. The fourth-order valence-electron chi connectivity index (χ4n) is 5.52. The molecule has 264 valence electrons. The Kier molecular flexibility index (Phi) is 13.1. The zero-order chi connectivity index (χ0) is 35.5. The number of aromatic nitrogens is 4. The van der Waals surface area contributed by atoms with Gasteiger partial charge in [0.05, 0.1) is 22.0 Å². The van der Waals surface area contributed by atoms with Crippen LogP contribution in [0.2, 0.25) is 0 Å². The molecule has 4 amide bonds. The molecule has 4 rings (SSSR count). The van der Waals surface area contributed by atoms with E-state index in [2.05, 4.69) is 41.6 Å². The molecule has 1 aromatic carbocycles.